The van der Waals surface area contributed by atoms with Gasteiger partial charge in [-0.05, 0) is 49.9 Å². The van der Waals surface area contributed by atoms with Gasteiger partial charge in [0, 0.05) is 16.8 Å². The summed E-state index contributed by atoms with van der Waals surface area (Å²) < 4.78 is 6.49. The fourth-order valence-corrected chi connectivity index (χ4v) is 7.12. The Morgan fingerprint density at radius 3 is 2.54 bits per heavy atom. The Balaban J connectivity index is 1.35. The number of benzene rings is 2. The van der Waals surface area contributed by atoms with Crippen LogP contribution in [-0.4, -0.2) is 46.4 Å². The van der Waals surface area contributed by atoms with E-state index in [4.69, 9.17) is 16.3 Å². The van der Waals surface area contributed by atoms with Gasteiger partial charge in [0.05, 0.1) is 24.0 Å². The molecule has 0 unspecified atom stereocenters. The van der Waals surface area contributed by atoms with Gasteiger partial charge in [-0.1, -0.05) is 79.4 Å². The molecule has 3 aliphatic heterocycles. The van der Waals surface area contributed by atoms with Gasteiger partial charge in [0.2, 0.25) is 17.7 Å². The molecule has 1 spiro atoms. The smallest absolute Gasteiger partial charge is 0.246 e. The molecular weight excluding hydrogens is 514 g/mol. The number of fused-ring (bicyclic) bond motifs is 1. The quantitative estimate of drug-likeness (QED) is 0.501. The summed E-state index contributed by atoms with van der Waals surface area (Å²) in [5, 5.41) is 6.73. The van der Waals surface area contributed by atoms with E-state index in [1.807, 2.05) is 62.4 Å². The Morgan fingerprint density at radius 1 is 1.08 bits per heavy atom. The molecule has 0 radical (unpaired) electrons. The summed E-state index contributed by atoms with van der Waals surface area (Å²) in [5.74, 6) is -2.33. The normalized spacial score (nSPS) is 30.3. The minimum Gasteiger partial charge on any atom is -0.359 e. The van der Waals surface area contributed by atoms with Crippen LogP contribution in [0.2, 0.25) is 5.02 Å². The molecular formula is C31H34ClN3O4. The first-order chi connectivity index (χ1) is 18.8. The van der Waals surface area contributed by atoms with E-state index in [0.717, 1.165) is 36.8 Å². The fourth-order valence-electron chi connectivity index (χ4n) is 6.94. The highest BCUT2D eigenvalue weighted by Crippen LogP contribution is 2.56. The van der Waals surface area contributed by atoms with E-state index < -0.39 is 29.6 Å². The van der Waals surface area contributed by atoms with Gasteiger partial charge in [-0.3, -0.25) is 14.4 Å². The molecule has 2 aromatic carbocycles. The maximum Gasteiger partial charge on any atom is 0.246 e. The zero-order chi connectivity index (χ0) is 27.3. The summed E-state index contributed by atoms with van der Waals surface area (Å²) >= 11 is 6.28. The van der Waals surface area contributed by atoms with Crippen molar-refractivity contribution in [3.8, 4) is 0 Å². The zero-order valence-electron chi connectivity index (χ0n) is 22.2. The second-order valence-electron chi connectivity index (χ2n) is 11.3. The Labute approximate surface area is 233 Å². The van der Waals surface area contributed by atoms with E-state index in [0.29, 0.717) is 10.7 Å². The zero-order valence-corrected chi connectivity index (χ0v) is 23.0. The molecule has 8 heteroatoms. The van der Waals surface area contributed by atoms with E-state index in [1.54, 1.807) is 17.0 Å². The molecule has 204 valence electrons. The number of hydrogen-bond acceptors (Lipinski definition) is 4. The SMILES string of the molecule is Cc1ccc(NC(=O)[C@H]2[C@H]3C=C[C@]4(O3)[C@H](C(=O)NC3CCCCC3)N([C@@H](C)c3ccccc3)C(=O)[C@@H]24)cc1Cl. The lowest BCUT2D eigenvalue weighted by Crippen LogP contribution is -2.56. The molecule has 3 amide bonds. The van der Waals surface area contributed by atoms with Crippen molar-refractivity contribution in [2.75, 3.05) is 5.32 Å². The number of nitrogens with zero attached hydrogens (tertiary/aromatic N) is 1. The average molecular weight is 548 g/mol. The first-order valence-corrected chi connectivity index (χ1v) is 14.3. The number of anilines is 1. The number of amides is 3. The Hall–Kier alpha value is -3.16. The number of carbonyl (C=O) groups excluding carboxylic acids is 3. The Morgan fingerprint density at radius 2 is 1.82 bits per heavy atom. The van der Waals surface area contributed by atoms with E-state index in [2.05, 4.69) is 10.6 Å². The third-order valence-electron chi connectivity index (χ3n) is 8.95. The van der Waals surface area contributed by atoms with Crippen molar-refractivity contribution in [3.63, 3.8) is 0 Å². The number of ether oxygens (including phenoxy) is 1. The topological polar surface area (TPSA) is 87.7 Å². The fraction of sp³-hybridized carbons (Fsp3) is 0.452. The highest BCUT2D eigenvalue weighted by molar-refractivity contribution is 6.31. The minimum atomic E-state index is -1.20. The lowest BCUT2D eigenvalue weighted by Gasteiger charge is -2.37. The summed E-state index contributed by atoms with van der Waals surface area (Å²) in [6, 6.07) is 13.9. The lowest BCUT2D eigenvalue weighted by molar-refractivity contribution is -0.143. The molecule has 4 aliphatic rings. The molecule has 3 fully saturated rings. The minimum absolute atomic E-state index is 0.0821. The van der Waals surface area contributed by atoms with Crippen LogP contribution in [0.3, 0.4) is 0 Å². The van der Waals surface area contributed by atoms with Crippen LogP contribution in [0.25, 0.3) is 0 Å². The van der Waals surface area contributed by atoms with Crippen LogP contribution in [0, 0.1) is 18.8 Å². The van der Waals surface area contributed by atoms with E-state index in [1.165, 1.54) is 6.42 Å². The molecule has 2 aromatic rings. The van der Waals surface area contributed by atoms with Crippen molar-refractivity contribution in [1.82, 2.24) is 10.2 Å². The first kappa shape index (κ1) is 26.1. The van der Waals surface area contributed by atoms with Crippen LogP contribution in [0.15, 0.2) is 60.7 Å². The van der Waals surface area contributed by atoms with Crippen LogP contribution >= 0.6 is 11.6 Å². The largest absolute Gasteiger partial charge is 0.359 e. The third kappa shape index (κ3) is 4.36. The van der Waals surface area contributed by atoms with Crippen molar-refractivity contribution in [3.05, 3.63) is 76.8 Å². The molecule has 2 saturated heterocycles. The first-order valence-electron chi connectivity index (χ1n) is 13.9. The highest BCUT2D eigenvalue weighted by atomic mass is 35.5. The molecule has 2 bridgehead atoms. The van der Waals surface area contributed by atoms with Gasteiger partial charge < -0.3 is 20.3 Å². The van der Waals surface area contributed by atoms with Crippen LogP contribution in [0.4, 0.5) is 5.69 Å². The molecule has 7 nitrogen and oxygen atoms in total. The molecule has 3 heterocycles. The van der Waals surface area contributed by atoms with Gasteiger partial charge in [0.1, 0.15) is 11.6 Å². The number of hydrogen-bond donors (Lipinski definition) is 2. The standard InChI is InChI=1S/C31H34ClN3O4/c1-18-13-14-22(17-23(18)32)34-28(36)25-24-15-16-31(39-24)26(25)30(38)35(19(2)20-9-5-3-6-10-20)27(31)29(37)33-21-11-7-4-8-12-21/h3,5-6,9-10,13-17,19,21,24-27H,4,7-8,11-12H2,1-2H3,(H,33,37)(H,34,36)/t19-,24+,25-,26+,27-,31+/m0/s1. The molecule has 1 aliphatic carbocycles. The Kier molecular flexibility index (Phi) is 6.76. The maximum atomic E-state index is 14.3. The number of carbonyl (C=O) groups is 3. The van der Waals surface area contributed by atoms with Gasteiger partial charge in [0.25, 0.3) is 0 Å². The molecule has 1 saturated carbocycles. The van der Waals surface area contributed by atoms with Crippen LogP contribution in [-0.2, 0) is 19.1 Å². The molecule has 0 aromatic heterocycles. The maximum absolute atomic E-state index is 14.3. The van der Waals surface area contributed by atoms with Crippen molar-refractivity contribution >= 4 is 35.0 Å². The summed E-state index contributed by atoms with van der Waals surface area (Å²) in [6.45, 7) is 3.83. The summed E-state index contributed by atoms with van der Waals surface area (Å²) in [4.78, 5) is 43.7. The summed E-state index contributed by atoms with van der Waals surface area (Å²) in [5.41, 5.74) is 1.19. The number of likely N-dealkylation sites (tertiary alicyclic amines) is 1. The predicted molar refractivity (Wildman–Crippen MR) is 149 cm³/mol. The number of aryl methyl sites for hydroxylation is 1. The van der Waals surface area contributed by atoms with Crippen LogP contribution in [0.1, 0.15) is 56.2 Å². The second kappa shape index (κ2) is 10.1. The monoisotopic (exact) mass is 547 g/mol. The van der Waals surface area contributed by atoms with Gasteiger partial charge >= 0.3 is 0 Å². The van der Waals surface area contributed by atoms with Crippen LogP contribution in [0.5, 0.6) is 0 Å². The highest BCUT2D eigenvalue weighted by Gasteiger charge is 2.73. The van der Waals surface area contributed by atoms with Crippen molar-refractivity contribution in [1.29, 1.82) is 0 Å². The molecule has 6 atom stereocenters. The van der Waals surface area contributed by atoms with Gasteiger partial charge in [0.15, 0.2) is 0 Å². The van der Waals surface area contributed by atoms with Crippen LogP contribution < -0.4 is 10.6 Å². The van der Waals surface area contributed by atoms with Gasteiger partial charge in [-0.25, -0.2) is 0 Å². The predicted octanol–water partition coefficient (Wildman–Crippen LogP) is 4.95. The van der Waals surface area contributed by atoms with E-state index in [9.17, 15) is 14.4 Å². The average Bonchev–Trinajstić information content (AvgIpc) is 3.58. The molecule has 39 heavy (non-hydrogen) atoms. The van der Waals surface area contributed by atoms with Gasteiger partial charge in [-0.15, -0.1) is 0 Å². The summed E-state index contributed by atoms with van der Waals surface area (Å²) in [6.07, 6.45) is 8.31. The Bertz CT molecular complexity index is 1320. The second-order valence-corrected chi connectivity index (χ2v) is 11.7. The van der Waals surface area contributed by atoms with E-state index >= 15 is 0 Å². The molecule has 6 rings (SSSR count). The third-order valence-corrected chi connectivity index (χ3v) is 9.36. The van der Waals surface area contributed by atoms with Gasteiger partial charge in [-0.2, -0.15) is 0 Å². The summed E-state index contributed by atoms with van der Waals surface area (Å²) in [7, 11) is 0. The molecule has 2 N–H and O–H groups in total. The number of rotatable bonds is 6. The van der Waals surface area contributed by atoms with E-state index in [-0.39, 0.29) is 29.8 Å². The number of nitrogens with one attached hydrogen (secondary N) is 2. The van der Waals surface area contributed by atoms with Crippen molar-refractivity contribution < 1.29 is 19.1 Å². The van der Waals surface area contributed by atoms with Crippen molar-refractivity contribution in [2.24, 2.45) is 11.8 Å². The number of halogens is 1. The van der Waals surface area contributed by atoms with Crippen molar-refractivity contribution in [2.45, 2.75) is 75.8 Å². The lowest BCUT2D eigenvalue weighted by atomic mass is 9.74.